The third kappa shape index (κ3) is 1.46. The number of nitrogen functional groups attached to an aromatic ring is 1. The summed E-state index contributed by atoms with van der Waals surface area (Å²) in [5.41, 5.74) is 16.4. The first-order valence-electron chi connectivity index (χ1n) is 6.58. The summed E-state index contributed by atoms with van der Waals surface area (Å²) in [4.78, 5) is 4.67. The molecular weight excluding hydrogens is 266 g/mol. The number of aromatic nitrogens is 1. The fraction of sp³-hybridized carbons (Fsp3) is 0.125. The Balaban J connectivity index is 1.98. The van der Waals surface area contributed by atoms with Gasteiger partial charge in [0, 0.05) is 21.6 Å². The average molecular weight is 281 g/mol. The van der Waals surface area contributed by atoms with E-state index in [1.54, 1.807) is 11.8 Å². The quantitative estimate of drug-likeness (QED) is 0.642. The van der Waals surface area contributed by atoms with Crippen LogP contribution in [0.1, 0.15) is 11.3 Å². The number of hydrogen-bond donors (Lipinski definition) is 3. The summed E-state index contributed by atoms with van der Waals surface area (Å²) < 4.78 is 0. The summed E-state index contributed by atoms with van der Waals surface area (Å²) in [7, 11) is 0. The number of anilines is 1. The molecule has 20 heavy (non-hydrogen) atoms. The van der Waals surface area contributed by atoms with Crippen molar-refractivity contribution in [1.82, 2.24) is 4.98 Å². The molecule has 2 aromatic carbocycles. The monoisotopic (exact) mass is 281 g/mol. The standard InChI is InChI=1S/C16H15N3S/c17-14-10-5-1-3-7-12(10)19-15(14)16(18)9-20-13-8-4-2-6-11(13)16/h1-8,19H,9,17-18H2. The van der Waals surface area contributed by atoms with Gasteiger partial charge in [-0.2, -0.15) is 0 Å². The van der Waals surface area contributed by atoms with Gasteiger partial charge in [-0.1, -0.05) is 36.4 Å². The maximum atomic E-state index is 6.72. The summed E-state index contributed by atoms with van der Waals surface area (Å²) in [5, 5.41) is 1.04. The summed E-state index contributed by atoms with van der Waals surface area (Å²) in [6, 6.07) is 16.4. The molecule has 0 saturated heterocycles. The Kier molecular flexibility index (Phi) is 2.40. The van der Waals surface area contributed by atoms with E-state index >= 15 is 0 Å². The van der Waals surface area contributed by atoms with Crippen LogP contribution in [0.15, 0.2) is 53.4 Å². The SMILES string of the molecule is Nc1c(C2(N)CSc3ccccc32)[nH]c2ccccc12. The Hall–Kier alpha value is -1.91. The number of nitrogens with two attached hydrogens (primary N) is 2. The minimum Gasteiger partial charge on any atom is -0.397 e. The van der Waals surface area contributed by atoms with Gasteiger partial charge in [-0.3, -0.25) is 0 Å². The number of para-hydroxylation sites is 1. The fourth-order valence-electron chi connectivity index (χ4n) is 2.95. The third-order valence-corrected chi connectivity index (χ3v) is 5.28. The van der Waals surface area contributed by atoms with Crippen molar-refractivity contribution in [2.45, 2.75) is 10.4 Å². The van der Waals surface area contributed by atoms with Gasteiger partial charge in [0.25, 0.3) is 0 Å². The highest BCUT2D eigenvalue weighted by atomic mass is 32.2. The molecule has 3 nitrogen and oxygen atoms in total. The number of H-pyrrole nitrogens is 1. The molecule has 1 aliphatic rings. The maximum Gasteiger partial charge on any atom is 0.0943 e. The summed E-state index contributed by atoms with van der Waals surface area (Å²) in [6.07, 6.45) is 0. The molecule has 5 N–H and O–H groups in total. The zero-order valence-corrected chi connectivity index (χ0v) is 11.7. The van der Waals surface area contributed by atoms with Gasteiger partial charge in [-0.15, -0.1) is 11.8 Å². The van der Waals surface area contributed by atoms with Crippen molar-refractivity contribution in [2.75, 3.05) is 11.5 Å². The minimum absolute atomic E-state index is 0.537. The lowest BCUT2D eigenvalue weighted by Crippen LogP contribution is -2.39. The Labute approximate surface area is 121 Å². The van der Waals surface area contributed by atoms with E-state index in [1.165, 1.54) is 4.90 Å². The number of nitrogens with one attached hydrogen (secondary N) is 1. The second kappa shape index (κ2) is 4.04. The van der Waals surface area contributed by atoms with E-state index in [1.807, 2.05) is 36.4 Å². The fourth-order valence-corrected chi connectivity index (χ4v) is 4.22. The smallest absolute Gasteiger partial charge is 0.0943 e. The molecule has 1 aliphatic heterocycles. The number of benzene rings is 2. The number of thioether (sulfide) groups is 1. The first-order valence-corrected chi connectivity index (χ1v) is 7.56. The van der Waals surface area contributed by atoms with Gasteiger partial charge in [0.2, 0.25) is 0 Å². The Morgan fingerprint density at radius 1 is 1.05 bits per heavy atom. The van der Waals surface area contributed by atoms with E-state index in [9.17, 15) is 0 Å². The van der Waals surface area contributed by atoms with Crippen LogP contribution in [-0.2, 0) is 5.54 Å². The number of aromatic amines is 1. The predicted octanol–water partition coefficient (Wildman–Crippen LogP) is 3.06. The Morgan fingerprint density at radius 3 is 2.65 bits per heavy atom. The molecule has 0 spiro atoms. The van der Waals surface area contributed by atoms with Gasteiger partial charge in [-0.05, 0) is 17.7 Å². The molecule has 4 heteroatoms. The molecule has 1 unspecified atom stereocenters. The topological polar surface area (TPSA) is 67.8 Å². The molecule has 0 aliphatic carbocycles. The van der Waals surface area contributed by atoms with E-state index in [2.05, 4.69) is 17.1 Å². The van der Waals surface area contributed by atoms with Crippen LogP contribution in [0.4, 0.5) is 5.69 Å². The Bertz CT molecular complexity index is 808. The second-order valence-corrected chi connectivity index (χ2v) is 6.23. The van der Waals surface area contributed by atoms with Gasteiger partial charge < -0.3 is 16.5 Å². The molecule has 1 atom stereocenters. The maximum absolute atomic E-state index is 6.72. The zero-order valence-electron chi connectivity index (χ0n) is 10.9. The van der Waals surface area contributed by atoms with E-state index in [-0.39, 0.29) is 0 Å². The van der Waals surface area contributed by atoms with Crippen molar-refractivity contribution in [3.05, 3.63) is 59.8 Å². The molecule has 0 amide bonds. The van der Waals surface area contributed by atoms with Crippen LogP contribution in [0.25, 0.3) is 10.9 Å². The molecule has 1 aromatic heterocycles. The second-order valence-electron chi connectivity index (χ2n) is 5.22. The lowest BCUT2D eigenvalue weighted by molar-refractivity contribution is 0.603. The molecule has 0 bridgehead atoms. The number of hydrogen-bond acceptors (Lipinski definition) is 3. The highest BCUT2D eigenvalue weighted by Crippen LogP contribution is 2.46. The molecule has 0 fully saturated rings. The normalized spacial score (nSPS) is 21.2. The van der Waals surface area contributed by atoms with Crippen LogP contribution in [0.2, 0.25) is 0 Å². The summed E-state index contributed by atoms with van der Waals surface area (Å²) >= 11 is 1.79. The minimum atomic E-state index is -0.537. The predicted molar refractivity (Wildman–Crippen MR) is 84.8 cm³/mol. The molecular formula is C16H15N3S. The van der Waals surface area contributed by atoms with Crippen molar-refractivity contribution in [3.8, 4) is 0 Å². The highest BCUT2D eigenvalue weighted by molar-refractivity contribution is 7.99. The first kappa shape index (κ1) is 11.9. The molecule has 100 valence electrons. The van der Waals surface area contributed by atoms with Gasteiger partial charge in [0.05, 0.1) is 16.9 Å². The van der Waals surface area contributed by atoms with Crippen LogP contribution >= 0.6 is 11.8 Å². The van der Waals surface area contributed by atoms with Gasteiger partial charge >= 0.3 is 0 Å². The van der Waals surface area contributed by atoms with Crippen molar-refractivity contribution in [2.24, 2.45) is 5.73 Å². The number of rotatable bonds is 1. The Morgan fingerprint density at radius 2 is 1.80 bits per heavy atom. The summed E-state index contributed by atoms with van der Waals surface area (Å²) in [6.45, 7) is 0. The van der Waals surface area contributed by atoms with Crippen molar-refractivity contribution in [3.63, 3.8) is 0 Å². The van der Waals surface area contributed by atoms with Crippen LogP contribution in [0, 0.1) is 0 Å². The van der Waals surface area contributed by atoms with Crippen LogP contribution in [-0.4, -0.2) is 10.7 Å². The van der Waals surface area contributed by atoms with Gasteiger partial charge in [0.15, 0.2) is 0 Å². The van der Waals surface area contributed by atoms with Crippen molar-refractivity contribution < 1.29 is 0 Å². The number of fused-ring (bicyclic) bond motifs is 2. The molecule has 3 aromatic rings. The van der Waals surface area contributed by atoms with Crippen LogP contribution in [0.3, 0.4) is 0 Å². The zero-order chi connectivity index (χ0) is 13.7. The van der Waals surface area contributed by atoms with Crippen molar-refractivity contribution >= 4 is 28.4 Å². The van der Waals surface area contributed by atoms with E-state index < -0.39 is 5.54 Å². The molecule has 2 heterocycles. The lowest BCUT2D eigenvalue weighted by atomic mass is 9.89. The largest absolute Gasteiger partial charge is 0.397 e. The average Bonchev–Trinajstić information content (AvgIpc) is 3.00. The molecule has 0 radical (unpaired) electrons. The lowest BCUT2D eigenvalue weighted by Gasteiger charge is -2.24. The van der Waals surface area contributed by atoms with Crippen molar-refractivity contribution in [1.29, 1.82) is 0 Å². The van der Waals surface area contributed by atoms with E-state index in [4.69, 9.17) is 11.5 Å². The van der Waals surface area contributed by atoms with E-state index in [0.29, 0.717) is 0 Å². The highest BCUT2D eigenvalue weighted by Gasteiger charge is 2.40. The third-order valence-electron chi connectivity index (χ3n) is 4.02. The van der Waals surface area contributed by atoms with Gasteiger partial charge in [-0.25, -0.2) is 0 Å². The molecule has 4 rings (SSSR count). The molecule has 0 saturated carbocycles. The van der Waals surface area contributed by atoms with Gasteiger partial charge in [0.1, 0.15) is 0 Å². The van der Waals surface area contributed by atoms with Crippen LogP contribution in [0.5, 0.6) is 0 Å². The van der Waals surface area contributed by atoms with Crippen LogP contribution < -0.4 is 11.5 Å². The summed E-state index contributed by atoms with van der Waals surface area (Å²) in [5.74, 6) is 0.809. The van der Waals surface area contributed by atoms with E-state index in [0.717, 1.165) is 33.6 Å². The first-order chi connectivity index (χ1) is 9.70.